The molecule has 0 radical (unpaired) electrons. The lowest BCUT2D eigenvalue weighted by molar-refractivity contribution is -0.114. The summed E-state index contributed by atoms with van der Waals surface area (Å²) in [5.41, 5.74) is 2.07. The average molecular weight is 383 g/mol. The molecular weight excluding hydrogens is 368 g/mol. The van der Waals surface area contributed by atoms with E-state index in [1.54, 1.807) is 17.2 Å². The number of pyridine rings is 1. The maximum absolute atomic E-state index is 12.7. The lowest BCUT2D eigenvalue weighted by Crippen LogP contribution is -2.36. The number of nitrogens with zero attached hydrogens (tertiary/aromatic N) is 3. The van der Waals surface area contributed by atoms with Crippen LogP contribution < -0.4 is 10.2 Å². The number of nitriles is 1. The predicted octanol–water partition coefficient (Wildman–Crippen LogP) is 3.64. The van der Waals surface area contributed by atoms with E-state index in [4.69, 9.17) is 0 Å². The van der Waals surface area contributed by atoms with Crippen LogP contribution >= 0.6 is 15.9 Å². The summed E-state index contributed by atoms with van der Waals surface area (Å²) in [7, 11) is 0. The molecule has 0 bridgehead atoms. The molecule has 6 heteroatoms. The highest BCUT2D eigenvalue weighted by Crippen LogP contribution is 2.27. The van der Waals surface area contributed by atoms with Crippen LogP contribution in [0, 0.1) is 11.3 Å². The summed E-state index contributed by atoms with van der Waals surface area (Å²) >= 11 is 3.31. The van der Waals surface area contributed by atoms with Crippen molar-refractivity contribution in [2.24, 2.45) is 0 Å². The van der Waals surface area contributed by atoms with Gasteiger partial charge in [0.2, 0.25) is 0 Å². The number of hydrogen-bond acceptors (Lipinski definition) is 4. The third-order valence-corrected chi connectivity index (χ3v) is 4.27. The summed E-state index contributed by atoms with van der Waals surface area (Å²) in [6.45, 7) is 0.616. The molecule has 2 aromatic rings. The standard InChI is InChI=1S/C18H15BrN4O/c19-15-7-8-17(22-12-15)21-11-14(10-20)18(24)23-9-3-5-13-4-1-2-6-16(13)23/h1-2,4,6-8,11-12H,3,5,9H2,(H,21,22)/b14-11-. The molecule has 0 saturated carbocycles. The van der Waals surface area contributed by atoms with Gasteiger partial charge in [-0.3, -0.25) is 4.79 Å². The van der Waals surface area contributed by atoms with Crippen molar-refractivity contribution in [2.45, 2.75) is 12.8 Å². The maximum Gasteiger partial charge on any atom is 0.270 e. The van der Waals surface area contributed by atoms with E-state index in [9.17, 15) is 10.1 Å². The van der Waals surface area contributed by atoms with Crippen LogP contribution in [-0.2, 0) is 11.2 Å². The van der Waals surface area contributed by atoms with Crippen LogP contribution in [-0.4, -0.2) is 17.4 Å². The number of carbonyl (C=O) groups is 1. The molecule has 1 aliphatic heterocycles. The van der Waals surface area contributed by atoms with Gasteiger partial charge in [-0.15, -0.1) is 0 Å². The molecule has 0 aliphatic carbocycles. The summed E-state index contributed by atoms with van der Waals surface area (Å²) in [6, 6.07) is 13.4. The minimum Gasteiger partial charge on any atom is -0.345 e. The number of aryl methyl sites for hydroxylation is 1. The second-order valence-electron chi connectivity index (χ2n) is 5.36. The van der Waals surface area contributed by atoms with Crippen molar-refractivity contribution in [2.75, 3.05) is 16.8 Å². The maximum atomic E-state index is 12.7. The molecule has 1 aromatic carbocycles. The number of rotatable bonds is 3. The van der Waals surface area contributed by atoms with Crippen molar-refractivity contribution in [3.63, 3.8) is 0 Å². The number of carbonyl (C=O) groups excluding carboxylic acids is 1. The number of benzene rings is 1. The fourth-order valence-electron chi connectivity index (χ4n) is 2.64. The van der Waals surface area contributed by atoms with Gasteiger partial charge in [0.1, 0.15) is 17.5 Å². The quantitative estimate of drug-likeness (QED) is 0.649. The number of anilines is 2. The normalized spacial score (nSPS) is 13.8. The number of para-hydroxylation sites is 1. The molecule has 3 rings (SSSR count). The first-order chi connectivity index (χ1) is 11.7. The molecule has 0 saturated heterocycles. The first kappa shape index (κ1) is 16.2. The van der Waals surface area contributed by atoms with Crippen molar-refractivity contribution in [3.8, 4) is 6.07 Å². The first-order valence-electron chi connectivity index (χ1n) is 7.57. The second kappa shape index (κ2) is 7.28. The zero-order valence-corrected chi connectivity index (χ0v) is 14.5. The zero-order valence-electron chi connectivity index (χ0n) is 12.9. The van der Waals surface area contributed by atoms with E-state index in [2.05, 4.69) is 26.2 Å². The highest BCUT2D eigenvalue weighted by Gasteiger charge is 2.24. The van der Waals surface area contributed by atoms with Crippen molar-refractivity contribution < 1.29 is 4.79 Å². The van der Waals surface area contributed by atoms with Gasteiger partial charge in [-0.05, 0) is 52.5 Å². The van der Waals surface area contributed by atoms with E-state index in [1.165, 1.54) is 6.20 Å². The van der Waals surface area contributed by atoms with Gasteiger partial charge >= 0.3 is 0 Å². The van der Waals surface area contributed by atoms with Gasteiger partial charge in [-0.25, -0.2) is 4.98 Å². The van der Waals surface area contributed by atoms with Crippen molar-refractivity contribution in [1.29, 1.82) is 5.26 Å². The topological polar surface area (TPSA) is 69.0 Å². The van der Waals surface area contributed by atoms with Gasteiger partial charge in [0.25, 0.3) is 5.91 Å². The van der Waals surface area contributed by atoms with Gasteiger partial charge < -0.3 is 10.2 Å². The Kier molecular flexibility index (Phi) is 4.92. The van der Waals surface area contributed by atoms with Gasteiger partial charge in [-0.2, -0.15) is 5.26 Å². The average Bonchev–Trinajstić information content (AvgIpc) is 2.63. The summed E-state index contributed by atoms with van der Waals surface area (Å²) in [6.07, 6.45) is 4.90. The Labute approximate surface area is 148 Å². The molecule has 1 aliphatic rings. The van der Waals surface area contributed by atoms with Crippen LogP contribution in [0.3, 0.4) is 0 Å². The molecule has 0 atom stereocenters. The number of fused-ring (bicyclic) bond motifs is 1. The number of hydrogen-bond donors (Lipinski definition) is 1. The minimum atomic E-state index is -0.297. The highest BCUT2D eigenvalue weighted by atomic mass is 79.9. The van der Waals surface area contributed by atoms with E-state index in [0.29, 0.717) is 12.4 Å². The molecule has 1 amide bonds. The zero-order chi connectivity index (χ0) is 16.9. The fourth-order valence-corrected chi connectivity index (χ4v) is 2.87. The molecule has 0 fully saturated rings. The Morgan fingerprint density at radius 2 is 2.17 bits per heavy atom. The van der Waals surface area contributed by atoms with Gasteiger partial charge in [0.15, 0.2) is 0 Å². The lowest BCUT2D eigenvalue weighted by Gasteiger charge is -2.29. The third-order valence-electron chi connectivity index (χ3n) is 3.80. The molecule has 1 aromatic heterocycles. The molecule has 1 N–H and O–H groups in total. The largest absolute Gasteiger partial charge is 0.345 e. The minimum absolute atomic E-state index is 0.0522. The number of nitrogens with one attached hydrogen (secondary N) is 1. The summed E-state index contributed by atoms with van der Waals surface area (Å²) < 4.78 is 0.860. The number of halogens is 1. The molecule has 5 nitrogen and oxygen atoms in total. The molecule has 24 heavy (non-hydrogen) atoms. The summed E-state index contributed by atoms with van der Waals surface area (Å²) in [5, 5.41) is 12.3. The van der Waals surface area contributed by atoms with Gasteiger partial charge in [-0.1, -0.05) is 18.2 Å². The Bertz CT molecular complexity index is 824. The summed E-state index contributed by atoms with van der Waals surface area (Å²) in [5.74, 6) is 0.270. The lowest BCUT2D eigenvalue weighted by atomic mass is 10.0. The Balaban J connectivity index is 1.81. The Morgan fingerprint density at radius 3 is 2.92 bits per heavy atom. The van der Waals surface area contributed by atoms with Crippen LogP contribution in [0.5, 0.6) is 0 Å². The Morgan fingerprint density at radius 1 is 1.33 bits per heavy atom. The molecule has 0 spiro atoms. The molecular formula is C18H15BrN4O. The Hall–Kier alpha value is -2.65. The van der Waals surface area contributed by atoms with Crippen LogP contribution in [0.25, 0.3) is 0 Å². The van der Waals surface area contributed by atoms with E-state index in [-0.39, 0.29) is 11.5 Å². The highest BCUT2D eigenvalue weighted by molar-refractivity contribution is 9.10. The van der Waals surface area contributed by atoms with E-state index < -0.39 is 0 Å². The SMILES string of the molecule is N#C/C(=C/Nc1ccc(Br)cn1)C(=O)N1CCCc2ccccc21. The van der Waals surface area contributed by atoms with E-state index in [1.807, 2.05) is 36.4 Å². The van der Waals surface area contributed by atoms with Crippen molar-refractivity contribution in [1.82, 2.24) is 4.98 Å². The first-order valence-corrected chi connectivity index (χ1v) is 8.36. The second-order valence-corrected chi connectivity index (χ2v) is 6.28. The molecule has 120 valence electrons. The fraction of sp³-hybridized carbons (Fsp3) is 0.167. The number of aromatic nitrogens is 1. The van der Waals surface area contributed by atoms with Gasteiger partial charge in [0.05, 0.1) is 0 Å². The van der Waals surface area contributed by atoms with Crippen LogP contribution in [0.4, 0.5) is 11.5 Å². The number of amides is 1. The smallest absolute Gasteiger partial charge is 0.270 e. The van der Waals surface area contributed by atoms with Crippen LogP contribution in [0.15, 0.2) is 58.8 Å². The molecule has 2 heterocycles. The van der Waals surface area contributed by atoms with Crippen molar-refractivity contribution in [3.05, 3.63) is 64.4 Å². The van der Waals surface area contributed by atoms with Crippen molar-refractivity contribution >= 4 is 33.3 Å². The summed E-state index contributed by atoms with van der Waals surface area (Å²) in [4.78, 5) is 18.6. The van der Waals surface area contributed by atoms with E-state index >= 15 is 0 Å². The van der Waals surface area contributed by atoms with Crippen LogP contribution in [0.2, 0.25) is 0 Å². The third kappa shape index (κ3) is 3.47. The van der Waals surface area contributed by atoms with Gasteiger partial charge in [0, 0.05) is 29.1 Å². The van der Waals surface area contributed by atoms with Crippen LogP contribution in [0.1, 0.15) is 12.0 Å². The predicted molar refractivity (Wildman–Crippen MR) is 96.4 cm³/mol. The molecule has 0 unspecified atom stereocenters. The van der Waals surface area contributed by atoms with E-state index in [0.717, 1.165) is 28.6 Å². The monoisotopic (exact) mass is 382 g/mol.